The fraction of sp³-hybridized carbons (Fsp3) is 0.467. The Morgan fingerprint density at radius 1 is 0.975 bits per heavy atom. The highest BCUT2D eigenvalue weighted by Crippen LogP contribution is 2.15. The van der Waals surface area contributed by atoms with Crippen LogP contribution in [0.15, 0.2) is 70.5 Å². The largest absolute Gasteiger partial charge is 0.379 e. The lowest BCUT2D eigenvalue weighted by Crippen LogP contribution is -2.42. The summed E-state index contributed by atoms with van der Waals surface area (Å²) in [5.41, 5.74) is 4.49. The molecule has 2 aromatic carbocycles. The molecule has 1 fully saturated rings. The third-order valence-corrected chi connectivity index (χ3v) is 6.94. The molecular formula is C30H39N5O5. The van der Waals surface area contributed by atoms with Crippen LogP contribution < -0.4 is 21.3 Å². The highest BCUT2D eigenvalue weighted by Gasteiger charge is 2.18. The number of carbonyl (C=O) groups excluding carboxylic acids is 1. The van der Waals surface area contributed by atoms with Crippen LogP contribution in [0.3, 0.4) is 0 Å². The summed E-state index contributed by atoms with van der Waals surface area (Å²) in [6, 6.07) is 14.9. The maximum atomic E-state index is 13.0. The molecule has 1 saturated heterocycles. The van der Waals surface area contributed by atoms with Gasteiger partial charge in [0, 0.05) is 51.1 Å². The first-order chi connectivity index (χ1) is 19.6. The highest BCUT2D eigenvalue weighted by molar-refractivity contribution is 5.75. The van der Waals surface area contributed by atoms with Crippen LogP contribution in [-0.2, 0) is 20.9 Å². The van der Waals surface area contributed by atoms with Crippen LogP contribution in [0.1, 0.15) is 44.1 Å². The number of ether oxygens (including phenoxy) is 1. The van der Waals surface area contributed by atoms with Crippen molar-refractivity contribution in [1.29, 1.82) is 0 Å². The molecule has 10 nitrogen and oxygen atoms in total. The van der Waals surface area contributed by atoms with Crippen molar-refractivity contribution in [2.75, 3.05) is 56.4 Å². The maximum Gasteiger partial charge on any atom is 0.250 e. The van der Waals surface area contributed by atoms with Gasteiger partial charge in [0.1, 0.15) is 5.69 Å². The molecule has 0 radical (unpaired) electrons. The Bertz CT molecular complexity index is 1230. The van der Waals surface area contributed by atoms with Gasteiger partial charge in [0.2, 0.25) is 11.3 Å². The number of benzene rings is 1. The maximum absolute atomic E-state index is 13.0. The van der Waals surface area contributed by atoms with E-state index in [0.29, 0.717) is 31.8 Å². The SMILES string of the molecule is O=C(CCCCCCCN(Nc1ccncc1)c1cc(=O)c1=O)N(Cc1ccccc1)OCCN1CCOCC1. The van der Waals surface area contributed by atoms with Gasteiger partial charge >= 0.3 is 0 Å². The van der Waals surface area contributed by atoms with Crippen LogP contribution in [0.4, 0.5) is 11.4 Å². The van der Waals surface area contributed by atoms with E-state index < -0.39 is 10.9 Å². The summed E-state index contributed by atoms with van der Waals surface area (Å²) in [7, 11) is 0. The number of hydrazine groups is 1. The van der Waals surface area contributed by atoms with E-state index in [4.69, 9.17) is 9.57 Å². The second-order valence-electron chi connectivity index (χ2n) is 9.94. The van der Waals surface area contributed by atoms with E-state index in [2.05, 4.69) is 15.3 Å². The third kappa shape index (κ3) is 9.25. The van der Waals surface area contributed by atoms with Crippen molar-refractivity contribution in [3.05, 3.63) is 86.9 Å². The highest BCUT2D eigenvalue weighted by atomic mass is 16.7. The van der Waals surface area contributed by atoms with Crippen LogP contribution in [0, 0.1) is 0 Å². The van der Waals surface area contributed by atoms with E-state index in [0.717, 1.165) is 76.2 Å². The van der Waals surface area contributed by atoms with Crippen LogP contribution in [0.2, 0.25) is 0 Å². The zero-order chi connectivity index (χ0) is 28.0. The smallest absolute Gasteiger partial charge is 0.250 e. The van der Waals surface area contributed by atoms with E-state index in [1.54, 1.807) is 17.4 Å². The third-order valence-electron chi connectivity index (χ3n) is 6.94. The minimum absolute atomic E-state index is 0.00124. The number of anilines is 2. The minimum atomic E-state index is -0.465. The monoisotopic (exact) mass is 549 g/mol. The zero-order valence-electron chi connectivity index (χ0n) is 23.0. The molecule has 0 bridgehead atoms. The molecule has 0 aliphatic carbocycles. The summed E-state index contributed by atoms with van der Waals surface area (Å²) in [6.45, 7) is 5.51. The van der Waals surface area contributed by atoms with Gasteiger partial charge < -0.3 is 4.74 Å². The molecule has 1 aliphatic rings. The number of morpholine rings is 1. The van der Waals surface area contributed by atoms with Gasteiger partial charge in [0.15, 0.2) is 0 Å². The lowest BCUT2D eigenvalue weighted by Gasteiger charge is -2.28. The first-order valence-corrected chi connectivity index (χ1v) is 14.1. The van der Waals surface area contributed by atoms with Crippen LogP contribution in [0.25, 0.3) is 0 Å². The molecule has 1 amide bonds. The van der Waals surface area contributed by atoms with E-state index in [1.807, 2.05) is 42.5 Å². The zero-order valence-corrected chi connectivity index (χ0v) is 23.0. The van der Waals surface area contributed by atoms with E-state index in [1.165, 1.54) is 11.1 Å². The molecule has 1 N–H and O–H groups in total. The summed E-state index contributed by atoms with van der Waals surface area (Å²) in [4.78, 5) is 48.7. The predicted octanol–water partition coefficient (Wildman–Crippen LogP) is 3.14. The molecule has 0 unspecified atom stereocenters. The van der Waals surface area contributed by atoms with Crippen LogP contribution in [0.5, 0.6) is 0 Å². The fourth-order valence-corrected chi connectivity index (χ4v) is 4.58. The Kier molecular flexibility index (Phi) is 11.6. The Balaban J connectivity index is 1.17. The van der Waals surface area contributed by atoms with E-state index in [9.17, 15) is 14.4 Å². The number of hydrogen-bond acceptors (Lipinski definition) is 9. The van der Waals surface area contributed by atoms with Crippen molar-refractivity contribution in [2.45, 2.75) is 45.1 Å². The molecule has 214 valence electrons. The number of nitrogens with one attached hydrogen (secondary N) is 1. The summed E-state index contributed by atoms with van der Waals surface area (Å²) < 4.78 is 5.40. The van der Waals surface area contributed by atoms with Gasteiger partial charge in [-0.1, -0.05) is 49.6 Å². The second kappa shape index (κ2) is 15.9. The van der Waals surface area contributed by atoms with E-state index >= 15 is 0 Å². The van der Waals surface area contributed by atoms with Crippen molar-refractivity contribution in [1.82, 2.24) is 14.9 Å². The van der Waals surface area contributed by atoms with Gasteiger partial charge in [-0.05, 0) is 30.5 Å². The van der Waals surface area contributed by atoms with Crippen LogP contribution in [-0.4, -0.2) is 66.9 Å². The Labute approximate surface area is 235 Å². The minimum Gasteiger partial charge on any atom is -0.379 e. The average molecular weight is 550 g/mol. The Hall–Kier alpha value is -3.60. The first-order valence-electron chi connectivity index (χ1n) is 14.1. The number of nitrogens with zero attached hydrogens (tertiary/aromatic N) is 4. The van der Waals surface area contributed by atoms with Gasteiger partial charge in [0.05, 0.1) is 32.1 Å². The topological polar surface area (TPSA) is 104 Å². The second-order valence-corrected chi connectivity index (χ2v) is 9.94. The average Bonchev–Trinajstić information content (AvgIpc) is 2.99. The fourth-order valence-electron chi connectivity index (χ4n) is 4.58. The lowest BCUT2D eigenvalue weighted by atomic mass is 10.1. The molecule has 1 aliphatic heterocycles. The van der Waals surface area contributed by atoms with Crippen LogP contribution >= 0.6 is 0 Å². The van der Waals surface area contributed by atoms with E-state index in [-0.39, 0.29) is 5.91 Å². The normalized spacial score (nSPS) is 13.8. The number of pyridine rings is 1. The summed E-state index contributed by atoms with van der Waals surface area (Å²) in [5, 5.41) is 3.25. The van der Waals surface area contributed by atoms with Gasteiger partial charge in [-0.2, -0.15) is 0 Å². The molecule has 0 spiro atoms. The van der Waals surface area contributed by atoms with Crippen molar-refractivity contribution in [3.63, 3.8) is 0 Å². The Morgan fingerprint density at radius 3 is 2.42 bits per heavy atom. The molecule has 2 heterocycles. The number of rotatable bonds is 17. The molecule has 0 atom stereocenters. The number of hydrogen-bond donors (Lipinski definition) is 1. The molecular weight excluding hydrogens is 510 g/mol. The standard InChI is InChI=1S/C30H39N5O5/c36-28-23-27(30(28)38)34(32-26-12-14-31-15-13-26)16-8-3-1-2-7-11-29(37)35(24-25-9-5-4-6-10-25)40-22-19-33-17-20-39-21-18-33/h4-6,9-10,12-15,23H,1-3,7-8,11,16-22,24H2,(H,31,32). The van der Waals surface area contributed by atoms with Gasteiger partial charge in [-0.15, -0.1) is 0 Å². The molecule has 3 aromatic rings. The first kappa shape index (κ1) is 29.4. The van der Waals surface area contributed by atoms with Crippen molar-refractivity contribution < 1.29 is 14.4 Å². The quantitative estimate of drug-likeness (QED) is 0.154. The van der Waals surface area contributed by atoms with Crippen molar-refractivity contribution in [3.8, 4) is 0 Å². The summed E-state index contributed by atoms with van der Waals surface area (Å²) in [6.07, 6.45) is 8.24. The van der Waals surface area contributed by atoms with Crippen molar-refractivity contribution in [2.24, 2.45) is 0 Å². The number of aromatic nitrogens is 1. The number of unbranched alkanes of at least 4 members (excludes halogenated alkanes) is 4. The van der Waals surface area contributed by atoms with Crippen molar-refractivity contribution >= 4 is 17.3 Å². The number of hydroxylamine groups is 2. The molecule has 40 heavy (non-hydrogen) atoms. The summed E-state index contributed by atoms with van der Waals surface area (Å²) >= 11 is 0. The molecule has 10 heteroatoms. The Morgan fingerprint density at radius 2 is 1.70 bits per heavy atom. The summed E-state index contributed by atoms with van der Waals surface area (Å²) in [5.74, 6) is -0.00124. The number of amides is 1. The van der Waals surface area contributed by atoms with Gasteiger partial charge in [-0.3, -0.25) is 39.5 Å². The molecule has 1 aromatic heterocycles. The number of carbonyl (C=O) groups is 1. The lowest BCUT2D eigenvalue weighted by molar-refractivity contribution is -0.192. The van der Waals surface area contributed by atoms with Gasteiger partial charge in [0.25, 0.3) is 5.43 Å². The molecule has 4 rings (SSSR count). The molecule has 0 saturated carbocycles. The van der Waals surface area contributed by atoms with Gasteiger partial charge in [-0.25, -0.2) is 5.06 Å². The predicted molar refractivity (Wildman–Crippen MR) is 154 cm³/mol.